The average molecular weight is 380 g/mol. The van der Waals surface area contributed by atoms with Crippen LogP contribution in [0.2, 0.25) is 0 Å². The van der Waals surface area contributed by atoms with E-state index < -0.39 is 0 Å². The van der Waals surface area contributed by atoms with Crippen LogP contribution in [-0.4, -0.2) is 35.4 Å². The maximum atomic E-state index is 12.4. The molecular weight excluding hydrogens is 354 g/mol. The maximum Gasteiger partial charge on any atom is 0.251 e. The van der Waals surface area contributed by atoms with E-state index in [-0.39, 0.29) is 5.91 Å². The Morgan fingerprint density at radius 3 is 2.81 bits per heavy atom. The van der Waals surface area contributed by atoms with Crippen LogP contribution < -0.4 is 5.32 Å². The molecule has 0 radical (unpaired) electrons. The molecule has 2 heterocycles. The maximum absolute atomic E-state index is 12.4. The Labute approximate surface area is 164 Å². The molecule has 0 saturated carbocycles. The minimum absolute atomic E-state index is 0.0163. The van der Waals surface area contributed by atoms with Crippen LogP contribution >= 0.6 is 11.3 Å². The second-order valence-corrected chi connectivity index (χ2v) is 8.23. The largest absolute Gasteiger partial charge is 0.352 e. The Balaban J connectivity index is 1.26. The Morgan fingerprint density at radius 1 is 1.11 bits per heavy atom. The number of nitrogens with zero attached hydrogens (tertiary/aromatic N) is 2. The highest BCUT2D eigenvalue weighted by Gasteiger charge is 2.13. The van der Waals surface area contributed by atoms with Gasteiger partial charge in [-0.15, -0.1) is 11.3 Å². The highest BCUT2D eigenvalue weighted by molar-refractivity contribution is 7.18. The molecule has 3 aromatic rings. The fourth-order valence-electron chi connectivity index (χ4n) is 3.58. The van der Waals surface area contributed by atoms with Gasteiger partial charge >= 0.3 is 0 Å². The Morgan fingerprint density at radius 2 is 1.96 bits per heavy atom. The van der Waals surface area contributed by atoms with Gasteiger partial charge in [-0.05, 0) is 62.2 Å². The molecule has 1 aliphatic heterocycles. The number of hydrogen-bond acceptors (Lipinski definition) is 4. The molecule has 1 aromatic heterocycles. The molecule has 0 unspecified atom stereocenters. The highest BCUT2D eigenvalue weighted by Crippen LogP contribution is 2.22. The summed E-state index contributed by atoms with van der Waals surface area (Å²) in [7, 11) is 0. The number of para-hydroxylation sites is 1. The summed E-state index contributed by atoms with van der Waals surface area (Å²) in [5, 5.41) is 4.19. The zero-order valence-corrected chi connectivity index (χ0v) is 16.3. The van der Waals surface area contributed by atoms with Crippen LogP contribution in [-0.2, 0) is 13.0 Å². The van der Waals surface area contributed by atoms with Crippen molar-refractivity contribution in [3.63, 3.8) is 0 Å². The standard InChI is InChI=1S/C22H25N3OS/c26-22(18-8-5-7-17(15-18)16-25-13-3-4-14-25)23-12-6-11-21-24-19-9-1-2-10-20(19)27-21/h1-2,5,7-10,15H,3-4,6,11-14,16H2,(H,23,26). The number of fused-ring (bicyclic) bond motifs is 1. The second-order valence-electron chi connectivity index (χ2n) is 7.12. The van der Waals surface area contributed by atoms with Gasteiger partial charge in [-0.2, -0.15) is 0 Å². The summed E-state index contributed by atoms with van der Waals surface area (Å²) in [6, 6.07) is 16.2. The van der Waals surface area contributed by atoms with Crippen LogP contribution in [0.25, 0.3) is 10.2 Å². The van der Waals surface area contributed by atoms with E-state index in [0.717, 1.165) is 35.5 Å². The average Bonchev–Trinajstić information content (AvgIpc) is 3.34. The molecule has 1 N–H and O–H groups in total. The van der Waals surface area contributed by atoms with E-state index in [1.165, 1.54) is 36.2 Å². The van der Waals surface area contributed by atoms with Crippen LogP contribution in [0.1, 0.15) is 40.2 Å². The SMILES string of the molecule is O=C(NCCCc1nc2ccccc2s1)c1cccc(CN2CCCC2)c1. The quantitative estimate of drug-likeness (QED) is 0.624. The number of aryl methyl sites for hydroxylation is 1. The summed E-state index contributed by atoms with van der Waals surface area (Å²) >= 11 is 1.74. The second kappa shape index (κ2) is 8.63. The van der Waals surface area contributed by atoms with Crippen molar-refractivity contribution in [1.29, 1.82) is 0 Å². The Kier molecular flexibility index (Phi) is 5.80. The molecule has 1 fully saturated rings. The van der Waals surface area contributed by atoms with Crippen molar-refractivity contribution in [3.8, 4) is 0 Å². The smallest absolute Gasteiger partial charge is 0.251 e. The van der Waals surface area contributed by atoms with E-state index in [9.17, 15) is 4.79 Å². The number of benzene rings is 2. The zero-order chi connectivity index (χ0) is 18.5. The van der Waals surface area contributed by atoms with Gasteiger partial charge in [0.2, 0.25) is 0 Å². The molecule has 140 valence electrons. The summed E-state index contributed by atoms with van der Waals surface area (Å²) in [5.74, 6) is 0.0163. The van der Waals surface area contributed by atoms with Crippen molar-refractivity contribution in [2.24, 2.45) is 0 Å². The third kappa shape index (κ3) is 4.73. The highest BCUT2D eigenvalue weighted by atomic mass is 32.1. The summed E-state index contributed by atoms with van der Waals surface area (Å²) < 4.78 is 1.23. The monoisotopic (exact) mass is 379 g/mol. The number of likely N-dealkylation sites (tertiary alicyclic amines) is 1. The van der Waals surface area contributed by atoms with Gasteiger partial charge in [-0.25, -0.2) is 4.98 Å². The van der Waals surface area contributed by atoms with Crippen LogP contribution in [0.3, 0.4) is 0 Å². The van der Waals surface area contributed by atoms with Crippen molar-refractivity contribution in [3.05, 3.63) is 64.7 Å². The number of nitrogens with one attached hydrogen (secondary N) is 1. The van der Waals surface area contributed by atoms with Crippen molar-refractivity contribution >= 4 is 27.5 Å². The van der Waals surface area contributed by atoms with Crippen molar-refractivity contribution in [2.75, 3.05) is 19.6 Å². The summed E-state index contributed by atoms with van der Waals surface area (Å²) in [5.41, 5.74) is 3.04. The molecule has 0 bridgehead atoms. The zero-order valence-electron chi connectivity index (χ0n) is 15.5. The van der Waals surface area contributed by atoms with Gasteiger partial charge in [-0.3, -0.25) is 9.69 Å². The normalized spacial score (nSPS) is 14.7. The molecule has 0 atom stereocenters. The first-order valence-electron chi connectivity index (χ1n) is 9.72. The van der Waals surface area contributed by atoms with E-state index >= 15 is 0 Å². The number of rotatable bonds is 7. The minimum atomic E-state index is 0.0163. The van der Waals surface area contributed by atoms with Crippen molar-refractivity contribution in [2.45, 2.75) is 32.2 Å². The van der Waals surface area contributed by atoms with E-state index in [4.69, 9.17) is 0 Å². The fourth-order valence-corrected chi connectivity index (χ4v) is 4.59. The topological polar surface area (TPSA) is 45.2 Å². The number of amides is 1. The number of thiazole rings is 1. The van der Waals surface area contributed by atoms with Gasteiger partial charge in [0, 0.05) is 25.1 Å². The number of carbonyl (C=O) groups excluding carboxylic acids is 1. The van der Waals surface area contributed by atoms with E-state index in [2.05, 4.69) is 27.3 Å². The van der Waals surface area contributed by atoms with Crippen LogP contribution in [0, 0.1) is 0 Å². The molecule has 4 rings (SSSR count). The molecule has 1 aliphatic rings. The molecule has 2 aromatic carbocycles. The fraction of sp³-hybridized carbons (Fsp3) is 0.364. The molecule has 4 nitrogen and oxygen atoms in total. The third-order valence-electron chi connectivity index (χ3n) is 4.99. The minimum Gasteiger partial charge on any atom is -0.352 e. The van der Waals surface area contributed by atoms with Crippen molar-refractivity contribution < 1.29 is 4.79 Å². The summed E-state index contributed by atoms with van der Waals surface area (Å²) in [4.78, 5) is 19.6. The van der Waals surface area contributed by atoms with Gasteiger partial charge in [0.15, 0.2) is 0 Å². The van der Waals surface area contributed by atoms with Gasteiger partial charge in [0.05, 0.1) is 15.2 Å². The first kappa shape index (κ1) is 18.1. The van der Waals surface area contributed by atoms with Crippen LogP contribution in [0.5, 0.6) is 0 Å². The van der Waals surface area contributed by atoms with Crippen LogP contribution in [0.4, 0.5) is 0 Å². The first-order chi connectivity index (χ1) is 13.3. The molecular formula is C22H25N3OS. The van der Waals surface area contributed by atoms with Gasteiger partial charge in [0.1, 0.15) is 0 Å². The lowest BCUT2D eigenvalue weighted by Gasteiger charge is -2.15. The lowest BCUT2D eigenvalue weighted by molar-refractivity contribution is 0.0953. The molecule has 0 aliphatic carbocycles. The van der Waals surface area contributed by atoms with Crippen LogP contribution in [0.15, 0.2) is 48.5 Å². The van der Waals surface area contributed by atoms with Gasteiger partial charge < -0.3 is 5.32 Å². The predicted octanol–water partition coefficient (Wildman–Crippen LogP) is 4.25. The number of aromatic nitrogens is 1. The summed E-state index contributed by atoms with van der Waals surface area (Å²) in [6.45, 7) is 3.95. The molecule has 1 saturated heterocycles. The Bertz CT molecular complexity index is 882. The predicted molar refractivity (Wildman–Crippen MR) is 111 cm³/mol. The van der Waals surface area contributed by atoms with E-state index in [0.29, 0.717) is 6.54 Å². The molecule has 1 amide bonds. The molecule has 0 spiro atoms. The lowest BCUT2D eigenvalue weighted by Crippen LogP contribution is -2.25. The molecule has 27 heavy (non-hydrogen) atoms. The van der Waals surface area contributed by atoms with Gasteiger partial charge in [0.25, 0.3) is 5.91 Å². The first-order valence-corrected chi connectivity index (χ1v) is 10.5. The van der Waals surface area contributed by atoms with Gasteiger partial charge in [-0.1, -0.05) is 24.3 Å². The molecule has 5 heteroatoms. The summed E-state index contributed by atoms with van der Waals surface area (Å²) in [6.07, 6.45) is 4.37. The van der Waals surface area contributed by atoms with E-state index in [1.54, 1.807) is 11.3 Å². The number of carbonyl (C=O) groups is 1. The van der Waals surface area contributed by atoms with E-state index in [1.807, 2.05) is 36.4 Å². The van der Waals surface area contributed by atoms with Crippen molar-refractivity contribution in [1.82, 2.24) is 15.2 Å². The lowest BCUT2D eigenvalue weighted by atomic mass is 10.1. The third-order valence-corrected chi connectivity index (χ3v) is 6.08. The Hall–Kier alpha value is -2.24. The number of hydrogen-bond donors (Lipinski definition) is 1.